The predicted molar refractivity (Wildman–Crippen MR) is 187 cm³/mol. The Hall–Kier alpha value is -4.92. The van der Waals surface area contributed by atoms with Crippen molar-refractivity contribution in [1.82, 2.24) is 9.66 Å². The first kappa shape index (κ1) is 34.9. The Bertz CT molecular complexity index is 1930. The van der Waals surface area contributed by atoms with Crippen LogP contribution in [0.15, 0.2) is 47.3 Å². The molecule has 2 aromatic heterocycles. The lowest BCUT2D eigenvalue weighted by molar-refractivity contribution is 0.0961. The van der Waals surface area contributed by atoms with E-state index in [4.69, 9.17) is 9.72 Å². The molecule has 10 nitrogen and oxygen atoms in total. The topological polar surface area (TPSA) is 132 Å². The zero-order chi connectivity index (χ0) is 34.2. The highest BCUT2D eigenvalue weighted by Gasteiger charge is 2.25. The molecule has 2 N–H and O–H groups in total. The number of thiazole rings is 1. The Balaban J connectivity index is 2.07. The Labute approximate surface area is 278 Å². The van der Waals surface area contributed by atoms with Crippen molar-refractivity contribution >= 4 is 35.0 Å². The fourth-order valence-corrected chi connectivity index (χ4v) is 6.43. The van der Waals surface area contributed by atoms with Crippen molar-refractivity contribution < 1.29 is 19.7 Å². The molecule has 0 radical (unpaired) electrons. The van der Waals surface area contributed by atoms with Gasteiger partial charge in [-0.05, 0) is 55.2 Å². The molecule has 47 heavy (non-hydrogen) atoms. The van der Waals surface area contributed by atoms with E-state index in [9.17, 15) is 25.1 Å². The number of aliphatic hydroxyl groups excluding tert-OH is 1. The number of aromatic hydroxyl groups is 1. The number of benzene rings is 2. The fourth-order valence-electron chi connectivity index (χ4n) is 5.36. The summed E-state index contributed by atoms with van der Waals surface area (Å²) in [5, 5.41) is 33.3. The van der Waals surface area contributed by atoms with Gasteiger partial charge in [0.1, 0.15) is 17.4 Å². The highest BCUT2D eigenvalue weighted by atomic mass is 32.1. The molecule has 0 fully saturated rings. The minimum Gasteiger partial charge on any atom is -0.496 e. The fraction of sp³-hybridized carbons (Fsp3) is 0.333. The van der Waals surface area contributed by atoms with Crippen LogP contribution in [0.25, 0.3) is 23.9 Å². The van der Waals surface area contributed by atoms with Gasteiger partial charge in [-0.2, -0.15) is 9.94 Å². The van der Waals surface area contributed by atoms with Crippen LogP contribution < -0.4 is 30.6 Å². The molecule has 0 atom stereocenters. The van der Waals surface area contributed by atoms with Crippen molar-refractivity contribution in [3.05, 3.63) is 90.4 Å². The number of methoxy groups -OCH3 is 1. The SMILES string of the molecule is C=c1c(C#N)c(O)n(N(C)C(=O)c2ccccc2)c(=O)/c1=C\c1sc(N(CCCC)CCCC)nc1-c1c(CO)cc(C)cc1OC. The van der Waals surface area contributed by atoms with E-state index in [1.165, 1.54) is 18.4 Å². The summed E-state index contributed by atoms with van der Waals surface area (Å²) in [4.78, 5) is 35.4. The van der Waals surface area contributed by atoms with Crippen molar-refractivity contribution in [3.8, 4) is 29.0 Å². The normalized spacial score (nSPS) is 11.4. The molecule has 4 aromatic rings. The van der Waals surface area contributed by atoms with Crippen LogP contribution in [-0.4, -0.2) is 53.0 Å². The second-order valence-corrected chi connectivity index (χ2v) is 12.2. The molecule has 0 saturated carbocycles. The third kappa shape index (κ3) is 7.24. The minimum atomic E-state index is -0.744. The summed E-state index contributed by atoms with van der Waals surface area (Å²) < 4.78 is 6.56. The molecule has 1 amide bonds. The number of carbonyl (C=O) groups is 1. The van der Waals surface area contributed by atoms with E-state index < -0.39 is 17.3 Å². The Kier molecular flexibility index (Phi) is 11.6. The van der Waals surface area contributed by atoms with Gasteiger partial charge >= 0.3 is 0 Å². The van der Waals surface area contributed by atoms with Crippen molar-refractivity contribution in [2.24, 2.45) is 0 Å². The van der Waals surface area contributed by atoms with Crippen molar-refractivity contribution in [2.75, 3.05) is 37.2 Å². The molecule has 0 aliphatic heterocycles. The number of aryl methyl sites for hydroxylation is 1. The third-order valence-electron chi connectivity index (χ3n) is 7.91. The number of hydrogen-bond acceptors (Lipinski definition) is 9. The number of rotatable bonds is 13. The first-order valence-electron chi connectivity index (χ1n) is 15.6. The number of nitriles is 1. The van der Waals surface area contributed by atoms with E-state index in [0.717, 1.165) is 59.2 Å². The quantitative estimate of drug-likeness (QED) is 0.217. The molecule has 0 spiro atoms. The molecule has 0 aliphatic carbocycles. The molecule has 2 aromatic carbocycles. The maximum absolute atomic E-state index is 14.2. The molecule has 4 rings (SSSR count). The predicted octanol–water partition coefficient (Wildman–Crippen LogP) is 4.41. The molecule has 0 unspecified atom stereocenters. The highest BCUT2D eigenvalue weighted by molar-refractivity contribution is 7.16. The van der Waals surface area contributed by atoms with Crippen LogP contribution in [0.4, 0.5) is 5.13 Å². The first-order chi connectivity index (χ1) is 22.6. The summed E-state index contributed by atoms with van der Waals surface area (Å²) in [7, 11) is 2.90. The summed E-state index contributed by atoms with van der Waals surface area (Å²) in [6, 6.07) is 14.0. The zero-order valence-corrected chi connectivity index (χ0v) is 28.4. The number of aliphatic hydroxyl groups is 1. The van der Waals surface area contributed by atoms with Crippen LogP contribution in [0, 0.1) is 18.3 Å². The van der Waals surface area contributed by atoms with E-state index >= 15 is 0 Å². The van der Waals surface area contributed by atoms with E-state index in [0.29, 0.717) is 33.0 Å². The van der Waals surface area contributed by atoms with Gasteiger partial charge in [-0.1, -0.05) is 68.9 Å². The molecular weight excluding hydrogens is 614 g/mol. The third-order valence-corrected chi connectivity index (χ3v) is 8.97. The van der Waals surface area contributed by atoms with Crippen LogP contribution in [0.5, 0.6) is 11.6 Å². The number of amides is 1. The number of nitrogens with zero attached hydrogens (tertiary/aromatic N) is 5. The molecular formula is C36H41N5O5S. The van der Waals surface area contributed by atoms with Gasteiger partial charge in [-0.3, -0.25) is 9.59 Å². The summed E-state index contributed by atoms with van der Waals surface area (Å²) in [5.41, 5.74) is 1.88. The van der Waals surface area contributed by atoms with E-state index in [1.54, 1.807) is 43.5 Å². The Morgan fingerprint density at radius 2 is 1.83 bits per heavy atom. The lowest BCUT2D eigenvalue weighted by Crippen LogP contribution is -2.53. The lowest BCUT2D eigenvalue weighted by Gasteiger charge is -2.21. The van der Waals surface area contributed by atoms with E-state index in [2.05, 4.69) is 25.3 Å². The molecule has 0 bridgehead atoms. The Morgan fingerprint density at radius 1 is 1.17 bits per heavy atom. The summed E-state index contributed by atoms with van der Waals surface area (Å²) in [6.07, 6.45) is 5.53. The van der Waals surface area contributed by atoms with Crippen LogP contribution in [0.1, 0.15) is 71.5 Å². The van der Waals surface area contributed by atoms with Gasteiger partial charge in [0.05, 0.1) is 29.5 Å². The van der Waals surface area contributed by atoms with Gasteiger partial charge < -0.3 is 19.8 Å². The van der Waals surface area contributed by atoms with Crippen LogP contribution in [0.3, 0.4) is 0 Å². The monoisotopic (exact) mass is 655 g/mol. The maximum Gasteiger partial charge on any atom is 0.280 e. The molecule has 11 heteroatoms. The summed E-state index contributed by atoms with van der Waals surface area (Å²) in [5.74, 6) is -0.738. The second kappa shape index (κ2) is 15.6. The van der Waals surface area contributed by atoms with Crippen molar-refractivity contribution in [3.63, 3.8) is 0 Å². The van der Waals surface area contributed by atoms with Crippen molar-refractivity contribution in [2.45, 2.75) is 53.1 Å². The van der Waals surface area contributed by atoms with Gasteiger partial charge in [-0.25, -0.2) is 9.99 Å². The van der Waals surface area contributed by atoms with Crippen molar-refractivity contribution in [1.29, 1.82) is 5.26 Å². The van der Waals surface area contributed by atoms with Gasteiger partial charge in [0.2, 0.25) is 5.88 Å². The number of pyridine rings is 1. The summed E-state index contributed by atoms with van der Waals surface area (Å²) in [6.45, 7) is 11.5. The van der Waals surface area contributed by atoms with E-state index in [1.807, 2.05) is 25.1 Å². The highest BCUT2D eigenvalue weighted by Crippen LogP contribution is 2.41. The first-order valence-corrected chi connectivity index (χ1v) is 16.4. The number of carbonyl (C=O) groups excluding carboxylic acids is 1. The number of hydrogen-bond donors (Lipinski definition) is 2. The minimum absolute atomic E-state index is 0.00815. The van der Waals surface area contributed by atoms with E-state index in [-0.39, 0.29) is 22.6 Å². The van der Waals surface area contributed by atoms with Crippen LogP contribution >= 0.6 is 11.3 Å². The lowest BCUT2D eigenvalue weighted by atomic mass is 9.99. The molecule has 2 heterocycles. The average Bonchev–Trinajstić information content (AvgIpc) is 3.49. The standard InChI is InChI=1S/C36H41N5O5S/c1-7-9-16-40(17-10-8-2)36-38-32(31-26(22-42)18-23(3)19-29(31)46-6)30(47-36)20-27-24(4)28(21-37)35(45)41(34(27)44)39(5)33(43)25-14-12-11-13-15-25/h11-15,18-20,42,45H,4,7-10,16-17,22H2,1-3,5-6H3/b27-20-. The van der Waals surface area contributed by atoms with Gasteiger partial charge in [0.15, 0.2) is 5.13 Å². The number of aromatic nitrogens is 2. The second-order valence-electron chi connectivity index (χ2n) is 11.2. The molecule has 0 saturated heterocycles. The number of unbranched alkanes of at least 4 members (excludes halogenated alkanes) is 2. The van der Waals surface area contributed by atoms with Gasteiger partial charge in [0, 0.05) is 36.5 Å². The number of anilines is 1. The number of ether oxygens (including phenoxy) is 1. The largest absolute Gasteiger partial charge is 0.496 e. The molecule has 246 valence electrons. The van der Waals surface area contributed by atoms with Gasteiger partial charge in [0.25, 0.3) is 11.5 Å². The van der Waals surface area contributed by atoms with Crippen LogP contribution in [-0.2, 0) is 6.61 Å². The molecule has 0 aliphatic rings. The Morgan fingerprint density at radius 3 is 2.40 bits per heavy atom. The zero-order valence-electron chi connectivity index (χ0n) is 27.5. The smallest absolute Gasteiger partial charge is 0.280 e. The average molecular weight is 656 g/mol. The van der Waals surface area contributed by atoms with Crippen LogP contribution in [0.2, 0.25) is 0 Å². The maximum atomic E-state index is 14.2. The van der Waals surface area contributed by atoms with Gasteiger partial charge in [-0.15, -0.1) is 0 Å². The summed E-state index contributed by atoms with van der Waals surface area (Å²) >= 11 is 1.37.